The lowest BCUT2D eigenvalue weighted by atomic mass is 10.1. The average Bonchev–Trinajstić information content (AvgIpc) is 2.81. The molecule has 0 aliphatic carbocycles. The highest BCUT2D eigenvalue weighted by Crippen LogP contribution is 2.10. The minimum absolute atomic E-state index is 0.156. The number of carbonyl (C=O) groups excluding carboxylic acids is 1. The van der Waals surface area contributed by atoms with E-state index in [1.165, 1.54) is 5.56 Å². The molecular weight excluding hydrogens is 260 g/mol. The summed E-state index contributed by atoms with van der Waals surface area (Å²) in [6.07, 6.45) is 4.37. The zero-order valence-electron chi connectivity index (χ0n) is 11.4. The molecule has 1 aromatic rings. The smallest absolute Gasteiger partial charge is 0.221 e. The molecule has 1 unspecified atom stereocenters. The summed E-state index contributed by atoms with van der Waals surface area (Å²) < 4.78 is 0. The van der Waals surface area contributed by atoms with E-state index in [2.05, 4.69) is 20.8 Å². The van der Waals surface area contributed by atoms with Crippen molar-refractivity contribution >= 4 is 17.7 Å². The lowest BCUT2D eigenvalue weighted by Crippen LogP contribution is -2.41. The summed E-state index contributed by atoms with van der Waals surface area (Å²) in [5.74, 6) is 2.35. The van der Waals surface area contributed by atoms with Crippen molar-refractivity contribution in [1.82, 2.24) is 20.8 Å². The zero-order chi connectivity index (χ0) is 13.5. The van der Waals surface area contributed by atoms with E-state index in [0.29, 0.717) is 12.5 Å². The van der Waals surface area contributed by atoms with Crippen LogP contribution in [0.25, 0.3) is 0 Å². The standard InChI is InChI=1S/C13H22N4OS/c1-10-11(8-16-17-10)3-2-4-15-13(18)7-12-9-19-6-5-14-12/h8,12,14H,2-7,9H2,1H3,(H,15,18)(H,16,17). The minimum Gasteiger partial charge on any atom is -0.356 e. The van der Waals surface area contributed by atoms with Crippen molar-refractivity contribution in [2.45, 2.75) is 32.2 Å². The molecule has 3 N–H and O–H groups in total. The molecule has 0 aromatic carbocycles. The maximum Gasteiger partial charge on any atom is 0.221 e. The number of nitrogens with zero attached hydrogens (tertiary/aromatic N) is 1. The van der Waals surface area contributed by atoms with Crippen molar-refractivity contribution in [3.05, 3.63) is 17.5 Å². The minimum atomic E-state index is 0.156. The molecule has 1 fully saturated rings. The van der Waals surface area contributed by atoms with Crippen LogP contribution in [0.15, 0.2) is 6.20 Å². The van der Waals surface area contributed by atoms with Gasteiger partial charge in [0.15, 0.2) is 0 Å². The Bertz CT molecular complexity index is 401. The predicted octanol–water partition coefficient (Wildman–Crippen LogP) is 0.862. The van der Waals surface area contributed by atoms with Gasteiger partial charge in [0, 0.05) is 42.8 Å². The first-order valence-corrected chi connectivity index (χ1v) is 7.98. The van der Waals surface area contributed by atoms with Gasteiger partial charge in [-0.3, -0.25) is 9.89 Å². The number of nitrogens with one attached hydrogen (secondary N) is 3. The first kappa shape index (κ1) is 14.4. The summed E-state index contributed by atoms with van der Waals surface area (Å²) in [5.41, 5.74) is 2.36. The fraction of sp³-hybridized carbons (Fsp3) is 0.692. The number of hydrogen-bond acceptors (Lipinski definition) is 4. The Hall–Kier alpha value is -1.01. The molecule has 6 heteroatoms. The van der Waals surface area contributed by atoms with Crippen molar-refractivity contribution in [2.75, 3.05) is 24.6 Å². The van der Waals surface area contributed by atoms with Crippen LogP contribution in [-0.2, 0) is 11.2 Å². The fourth-order valence-corrected chi connectivity index (χ4v) is 3.13. The zero-order valence-corrected chi connectivity index (χ0v) is 12.2. The molecule has 5 nitrogen and oxygen atoms in total. The molecule has 19 heavy (non-hydrogen) atoms. The molecule has 0 saturated carbocycles. The SMILES string of the molecule is Cc1[nH]ncc1CCCNC(=O)CC1CSCCN1. The molecule has 2 heterocycles. The number of aryl methyl sites for hydroxylation is 2. The van der Waals surface area contributed by atoms with Gasteiger partial charge < -0.3 is 10.6 Å². The van der Waals surface area contributed by atoms with Crippen LogP contribution in [0.5, 0.6) is 0 Å². The molecule has 0 bridgehead atoms. The molecule has 106 valence electrons. The number of hydrogen-bond donors (Lipinski definition) is 3. The average molecular weight is 282 g/mol. The third-order valence-electron chi connectivity index (χ3n) is 3.31. The van der Waals surface area contributed by atoms with Gasteiger partial charge in [0.05, 0.1) is 6.20 Å². The van der Waals surface area contributed by atoms with Crippen LogP contribution >= 0.6 is 11.8 Å². The van der Waals surface area contributed by atoms with Gasteiger partial charge in [0.25, 0.3) is 0 Å². The number of rotatable bonds is 6. The van der Waals surface area contributed by atoms with Crippen molar-refractivity contribution in [3.8, 4) is 0 Å². The molecule has 1 atom stereocenters. The third-order valence-corrected chi connectivity index (χ3v) is 4.44. The number of thioether (sulfide) groups is 1. The van der Waals surface area contributed by atoms with Crippen LogP contribution in [-0.4, -0.2) is 46.7 Å². The van der Waals surface area contributed by atoms with Gasteiger partial charge in [-0.1, -0.05) is 0 Å². The van der Waals surface area contributed by atoms with Crippen LogP contribution in [0, 0.1) is 6.92 Å². The van der Waals surface area contributed by atoms with Crippen molar-refractivity contribution in [1.29, 1.82) is 0 Å². The Morgan fingerprint density at radius 3 is 3.21 bits per heavy atom. The lowest BCUT2D eigenvalue weighted by Gasteiger charge is -2.22. The van der Waals surface area contributed by atoms with E-state index >= 15 is 0 Å². The van der Waals surface area contributed by atoms with Gasteiger partial charge in [-0.25, -0.2) is 0 Å². The van der Waals surface area contributed by atoms with E-state index < -0.39 is 0 Å². The van der Waals surface area contributed by atoms with E-state index in [1.54, 1.807) is 0 Å². The highest BCUT2D eigenvalue weighted by atomic mass is 32.2. The second kappa shape index (κ2) is 7.55. The van der Waals surface area contributed by atoms with E-state index in [9.17, 15) is 4.79 Å². The number of amides is 1. The van der Waals surface area contributed by atoms with E-state index in [-0.39, 0.29) is 5.91 Å². The van der Waals surface area contributed by atoms with Gasteiger partial charge in [-0.2, -0.15) is 16.9 Å². The lowest BCUT2D eigenvalue weighted by molar-refractivity contribution is -0.121. The topological polar surface area (TPSA) is 69.8 Å². The monoisotopic (exact) mass is 282 g/mol. The van der Waals surface area contributed by atoms with Crippen molar-refractivity contribution in [3.63, 3.8) is 0 Å². The summed E-state index contributed by atoms with van der Waals surface area (Å²) in [6.45, 7) is 3.78. The first-order chi connectivity index (χ1) is 9.25. The van der Waals surface area contributed by atoms with Crippen LogP contribution in [0.3, 0.4) is 0 Å². The molecule has 2 rings (SSSR count). The fourth-order valence-electron chi connectivity index (χ4n) is 2.18. The van der Waals surface area contributed by atoms with Gasteiger partial charge in [0.2, 0.25) is 5.91 Å². The largest absolute Gasteiger partial charge is 0.356 e. The van der Waals surface area contributed by atoms with Gasteiger partial charge >= 0.3 is 0 Å². The predicted molar refractivity (Wildman–Crippen MR) is 78.4 cm³/mol. The molecule has 1 amide bonds. The second-order valence-electron chi connectivity index (χ2n) is 4.90. The third kappa shape index (κ3) is 4.87. The molecule has 1 aliphatic heterocycles. The summed E-state index contributed by atoms with van der Waals surface area (Å²) in [7, 11) is 0. The Balaban J connectivity index is 1.57. The number of aromatic nitrogens is 2. The van der Waals surface area contributed by atoms with Crippen LogP contribution in [0.1, 0.15) is 24.1 Å². The molecule has 1 saturated heterocycles. The summed E-state index contributed by atoms with van der Waals surface area (Å²) in [4.78, 5) is 11.8. The number of H-pyrrole nitrogens is 1. The molecule has 1 aromatic heterocycles. The van der Waals surface area contributed by atoms with E-state index in [0.717, 1.165) is 43.1 Å². The highest BCUT2D eigenvalue weighted by molar-refractivity contribution is 7.99. The summed E-state index contributed by atoms with van der Waals surface area (Å²) >= 11 is 1.92. The molecule has 0 radical (unpaired) electrons. The highest BCUT2D eigenvalue weighted by Gasteiger charge is 2.16. The maximum atomic E-state index is 11.8. The van der Waals surface area contributed by atoms with E-state index in [1.807, 2.05) is 24.9 Å². The maximum absolute atomic E-state index is 11.8. The molecule has 1 aliphatic rings. The first-order valence-electron chi connectivity index (χ1n) is 6.82. The van der Waals surface area contributed by atoms with Crippen molar-refractivity contribution < 1.29 is 4.79 Å². The Labute approximate surface area is 118 Å². The normalized spacial score (nSPS) is 19.3. The second-order valence-corrected chi connectivity index (χ2v) is 6.05. The van der Waals surface area contributed by atoms with Gasteiger partial charge in [-0.05, 0) is 25.3 Å². The summed E-state index contributed by atoms with van der Waals surface area (Å²) in [6, 6.07) is 0.342. The van der Waals surface area contributed by atoms with Crippen LogP contribution in [0.4, 0.5) is 0 Å². The van der Waals surface area contributed by atoms with Crippen molar-refractivity contribution in [2.24, 2.45) is 0 Å². The number of aromatic amines is 1. The molecule has 0 spiro atoms. The Morgan fingerprint density at radius 2 is 2.53 bits per heavy atom. The van der Waals surface area contributed by atoms with E-state index in [4.69, 9.17) is 0 Å². The van der Waals surface area contributed by atoms with Gasteiger partial charge in [0.1, 0.15) is 0 Å². The van der Waals surface area contributed by atoms with Gasteiger partial charge in [-0.15, -0.1) is 0 Å². The summed E-state index contributed by atoms with van der Waals surface area (Å²) in [5, 5.41) is 13.3. The van der Waals surface area contributed by atoms with Crippen LogP contribution in [0.2, 0.25) is 0 Å². The van der Waals surface area contributed by atoms with Crippen LogP contribution < -0.4 is 10.6 Å². The number of carbonyl (C=O) groups is 1. The Kier molecular flexibility index (Phi) is 5.72. The quantitative estimate of drug-likeness (QED) is 0.677. The Morgan fingerprint density at radius 1 is 1.63 bits per heavy atom. The molecular formula is C13H22N4OS.